The monoisotopic (exact) mass is 462 g/mol. The Morgan fingerprint density at radius 2 is 1.73 bits per heavy atom. The zero-order chi connectivity index (χ0) is 22.8. The number of anilines is 1. The highest BCUT2D eigenvalue weighted by Gasteiger charge is 2.23. The summed E-state index contributed by atoms with van der Waals surface area (Å²) in [6.45, 7) is 3.25. The molecular weight excluding hydrogens is 436 g/mol. The Morgan fingerprint density at radius 1 is 0.939 bits per heavy atom. The average molecular weight is 463 g/mol. The molecule has 5 rings (SSSR count). The molecule has 0 aliphatic carbocycles. The first kappa shape index (κ1) is 21.5. The molecule has 3 aromatic carbocycles. The second-order valence-corrected chi connectivity index (χ2v) is 9.74. The normalized spacial score (nSPS) is 14.0. The largest absolute Gasteiger partial charge is 0.493 e. The zero-order valence-corrected chi connectivity index (χ0v) is 19.3. The maximum absolute atomic E-state index is 13.6. The number of hydrogen-bond acceptors (Lipinski definition) is 5. The van der Waals surface area contributed by atoms with Crippen LogP contribution in [0.5, 0.6) is 5.75 Å². The van der Waals surface area contributed by atoms with Crippen LogP contribution in [0.3, 0.4) is 0 Å². The number of hydrogen-bond donors (Lipinski definition) is 1. The van der Waals surface area contributed by atoms with Gasteiger partial charge < -0.3 is 9.30 Å². The van der Waals surface area contributed by atoms with Crippen LogP contribution >= 0.6 is 0 Å². The fraction of sp³-hybridized carbons (Fsp3) is 0.280. The van der Waals surface area contributed by atoms with Crippen molar-refractivity contribution in [1.82, 2.24) is 14.8 Å². The molecule has 0 fully saturated rings. The van der Waals surface area contributed by atoms with Crippen molar-refractivity contribution in [1.29, 1.82) is 0 Å². The van der Waals surface area contributed by atoms with Crippen molar-refractivity contribution in [3.8, 4) is 17.1 Å². The Kier molecular flexibility index (Phi) is 5.76. The summed E-state index contributed by atoms with van der Waals surface area (Å²) in [7, 11) is -3.88. The van der Waals surface area contributed by atoms with E-state index in [9.17, 15) is 8.42 Å². The van der Waals surface area contributed by atoms with Gasteiger partial charge in [0.1, 0.15) is 11.6 Å². The van der Waals surface area contributed by atoms with E-state index in [1.807, 2.05) is 43.3 Å². The lowest BCUT2D eigenvalue weighted by Gasteiger charge is -2.16. The second-order valence-electron chi connectivity index (χ2n) is 8.09. The lowest BCUT2D eigenvalue weighted by atomic mass is 10.1. The molecule has 33 heavy (non-hydrogen) atoms. The smallest absolute Gasteiger partial charge is 0.262 e. The van der Waals surface area contributed by atoms with Crippen molar-refractivity contribution in [2.75, 3.05) is 11.3 Å². The molecule has 1 N–H and O–H groups in total. The van der Waals surface area contributed by atoms with E-state index in [0.717, 1.165) is 49.0 Å². The van der Waals surface area contributed by atoms with Gasteiger partial charge in [-0.15, -0.1) is 10.2 Å². The molecule has 0 radical (unpaired) electrons. The van der Waals surface area contributed by atoms with Crippen LogP contribution in [0, 0.1) is 0 Å². The molecule has 0 saturated carbocycles. The molecule has 0 spiro atoms. The Labute approximate surface area is 193 Å². The van der Waals surface area contributed by atoms with Crippen molar-refractivity contribution >= 4 is 26.5 Å². The van der Waals surface area contributed by atoms with Crippen LogP contribution in [-0.4, -0.2) is 29.8 Å². The van der Waals surface area contributed by atoms with Crippen LogP contribution in [0.1, 0.15) is 32.0 Å². The van der Waals surface area contributed by atoms with E-state index in [1.54, 1.807) is 24.3 Å². The predicted molar refractivity (Wildman–Crippen MR) is 129 cm³/mol. The van der Waals surface area contributed by atoms with Gasteiger partial charge in [-0.2, -0.15) is 0 Å². The first-order chi connectivity index (χ1) is 16.1. The third-order valence-electron chi connectivity index (χ3n) is 5.96. The third kappa shape index (κ3) is 4.06. The molecule has 1 aliphatic rings. The van der Waals surface area contributed by atoms with Gasteiger partial charge in [0.05, 0.1) is 17.2 Å². The van der Waals surface area contributed by atoms with Gasteiger partial charge in [0.15, 0.2) is 5.82 Å². The maximum atomic E-state index is 13.6. The first-order valence-corrected chi connectivity index (χ1v) is 12.8. The van der Waals surface area contributed by atoms with E-state index in [0.29, 0.717) is 29.3 Å². The lowest BCUT2D eigenvalue weighted by Crippen LogP contribution is -2.15. The van der Waals surface area contributed by atoms with Gasteiger partial charge in [-0.05, 0) is 44.0 Å². The summed E-state index contributed by atoms with van der Waals surface area (Å²) in [5.74, 6) is 2.32. The number of nitrogens with zero attached hydrogens (tertiary/aromatic N) is 3. The molecule has 1 aliphatic heterocycles. The Bertz CT molecular complexity index is 1410. The van der Waals surface area contributed by atoms with E-state index in [1.165, 1.54) is 0 Å². The minimum Gasteiger partial charge on any atom is -0.493 e. The van der Waals surface area contributed by atoms with Gasteiger partial charge in [0.25, 0.3) is 10.0 Å². The number of rotatable bonds is 6. The highest BCUT2D eigenvalue weighted by atomic mass is 32.2. The first-order valence-electron chi connectivity index (χ1n) is 11.3. The minimum absolute atomic E-state index is 0.205. The number of fused-ring (bicyclic) bond motifs is 2. The van der Waals surface area contributed by atoms with Gasteiger partial charge >= 0.3 is 0 Å². The van der Waals surface area contributed by atoms with Gasteiger partial charge in [0.2, 0.25) is 0 Å². The van der Waals surface area contributed by atoms with E-state index < -0.39 is 10.0 Å². The molecule has 2 heterocycles. The molecular formula is C25H26N4O3S. The minimum atomic E-state index is -3.88. The fourth-order valence-electron chi connectivity index (χ4n) is 4.41. The van der Waals surface area contributed by atoms with E-state index in [2.05, 4.69) is 19.5 Å². The van der Waals surface area contributed by atoms with Crippen LogP contribution in [0.25, 0.3) is 22.2 Å². The quantitative estimate of drug-likeness (QED) is 0.435. The molecule has 7 nitrogen and oxygen atoms in total. The average Bonchev–Trinajstić information content (AvgIpc) is 3.07. The number of ether oxygens (including phenoxy) is 1. The summed E-state index contributed by atoms with van der Waals surface area (Å²) >= 11 is 0. The lowest BCUT2D eigenvalue weighted by molar-refractivity contribution is 0.344. The molecule has 0 unspecified atom stereocenters. The highest BCUT2D eigenvalue weighted by Crippen LogP contribution is 2.34. The Morgan fingerprint density at radius 3 is 2.58 bits per heavy atom. The van der Waals surface area contributed by atoms with Crippen molar-refractivity contribution in [3.63, 3.8) is 0 Å². The van der Waals surface area contributed by atoms with Gasteiger partial charge in [-0.1, -0.05) is 42.8 Å². The summed E-state index contributed by atoms with van der Waals surface area (Å²) in [6, 6.07) is 18.0. The Balaban J connectivity index is 1.57. The topological polar surface area (TPSA) is 86.1 Å². The van der Waals surface area contributed by atoms with Crippen LogP contribution in [0.2, 0.25) is 0 Å². The molecule has 0 bridgehead atoms. The molecule has 0 saturated heterocycles. The SMILES string of the molecule is CCOc1ccc(S(=O)(=O)Nc2ccccc2-c2nnc3n2CCCCC3)c2ccccc12. The molecule has 1 aromatic heterocycles. The number of para-hydroxylation sites is 1. The molecule has 4 aromatic rings. The predicted octanol–water partition coefficient (Wildman–Crippen LogP) is 5.02. The molecule has 170 valence electrons. The van der Waals surface area contributed by atoms with E-state index in [4.69, 9.17) is 4.74 Å². The van der Waals surface area contributed by atoms with Crippen molar-refractivity contribution in [2.45, 2.75) is 44.0 Å². The number of nitrogens with one attached hydrogen (secondary N) is 1. The number of aryl methyl sites for hydroxylation is 1. The van der Waals surface area contributed by atoms with E-state index in [-0.39, 0.29) is 4.90 Å². The van der Waals surface area contributed by atoms with Crippen molar-refractivity contribution in [2.24, 2.45) is 0 Å². The summed E-state index contributed by atoms with van der Waals surface area (Å²) in [5, 5.41) is 10.2. The summed E-state index contributed by atoms with van der Waals surface area (Å²) in [5.41, 5.74) is 1.20. The van der Waals surface area contributed by atoms with Crippen LogP contribution < -0.4 is 9.46 Å². The Hall–Kier alpha value is -3.39. The van der Waals surface area contributed by atoms with Gasteiger partial charge in [-0.25, -0.2) is 8.42 Å². The standard InChI is InChI=1S/C25H26N4O3S/c1-2-32-22-15-16-23(19-11-6-5-10-18(19)22)33(30,31)28-21-13-8-7-12-20(21)25-27-26-24-14-4-3-9-17-29(24)25/h5-8,10-13,15-16,28H,2-4,9,14,17H2,1H3. The molecule has 0 amide bonds. The summed E-state index contributed by atoms with van der Waals surface area (Å²) in [6.07, 6.45) is 4.20. The molecule has 0 atom stereocenters. The second kappa shape index (κ2) is 8.86. The van der Waals surface area contributed by atoms with Crippen molar-refractivity contribution in [3.05, 3.63) is 66.5 Å². The van der Waals surface area contributed by atoms with Crippen molar-refractivity contribution < 1.29 is 13.2 Å². The summed E-state index contributed by atoms with van der Waals surface area (Å²) < 4.78 is 37.7. The zero-order valence-electron chi connectivity index (χ0n) is 18.5. The molecule has 8 heteroatoms. The van der Waals surface area contributed by atoms with Gasteiger partial charge in [-0.3, -0.25) is 4.72 Å². The van der Waals surface area contributed by atoms with Crippen LogP contribution in [0.15, 0.2) is 65.6 Å². The summed E-state index contributed by atoms with van der Waals surface area (Å²) in [4.78, 5) is 0.205. The van der Waals surface area contributed by atoms with E-state index >= 15 is 0 Å². The van der Waals surface area contributed by atoms with Crippen LogP contribution in [0.4, 0.5) is 5.69 Å². The van der Waals surface area contributed by atoms with Gasteiger partial charge in [0, 0.05) is 29.3 Å². The number of benzene rings is 3. The number of aromatic nitrogens is 3. The third-order valence-corrected chi connectivity index (χ3v) is 7.38. The number of sulfonamides is 1. The highest BCUT2D eigenvalue weighted by molar-refractivity contribution is 7.93. The van der Waals surface area contributed by atoms with Crippen LogP contribution in [-0.2, 0) is 23.0 Å². The maximum Gasteiger partial charge on any atom is 0.262 e. The fourth-order valence-corrected chi connectivity index (χ4v) is 5.70.